The number of hydrogen-bond donors (Lipinski definition) is 0. The third-order valence-corrected chi connectivity index (χ3v) is 5.32. The summed E-state index contributed by atoms with van der Waals surface area (Å²) in [5.74, 6) is 0. The molecule has 1 aromatic heterocycles. The second-order valence-corrected chi connectivity index (χ2v) is 7.19. The lowest BCUT2D eigenvalue weighted by Gasteiger charge is -2.21. The molecule has 0 atom stereocenters. The Kier molecular flexibility index (Phi) is 3.26. The van der Waals surface area contributed by atoms with Crippen molar-refractivity contribution in [3.8, 4) is 11.1 Å². The first-order valence-corrected chi connectivity index (χ1v) is 8.52. The largest absolute Gasteiger partial charge is 0.455 e. The highest BCUT2D eigenvalue weighted by Gasteiger charge is 2.37. The van der Waals surface area contributed by atoms with E-state index in [1.807, 2.05) is 19.1 Å². The lowest BCUT2D eigenvalue weighted by molar-refractivity contribution is 0.575. The highest BCUT2D eigenvalue weighted by atomic mass is 35.5. The molecule has 1 heterocycles. The first-order chi connectivity index (χ1) is 11.5. The molecule has 2 aromatic carbocycles. The molecule has 3 aromatic rings. The van der Waals surface area contributed by atoms with E-state index in [2.05, 4.69) is 50.8 Å². The Morgan fingerprint density at radius 2 is 1.88 bits per heavy atom. The smallest absolute Gasteiger partial charge is 0.143 e. The van der Waals surface area contributed by atoms with Crippen LogP contribution in [-0.2, 0) is 5.41 Å². The van der Waals surface area contributed by atoms with Gasteiger partial charge in [-0.15, -0.1) is 0 Å². The molecule has 4 rings (SSSR count). The first kappa shape index (κ1) is 15.3. The number of rotatable bonds is 1. The third-order valence-electron chi connectivity index (χ3n) is 5.08. The van der Waals surface area contributed by atoms with Crippen molar-refractivity contribution in [2.45, 2.75) is 26.2 Å². The van der Waals surface area contributed by atoms with Crippen molar-refractivity contribution < 1.29 is 4.42 Å². The first-order valence-electron chi connectivity index (χ1n) is 8.14. The van der Waals surface area contributed by atoms with Gasteiger partial charge in [-0.25, -0.2) is 0 Å². The number of hydrogen-bond acceptors (Lipinski definition) is 1. The fraction of sp³-hybridized carbons (Fsp3) is 0.182. The van der Waals surface area contributed by atoms with Crippen LogP contribution < -0.4 is 10.6 Å². The molecular weight excluding hydrogens is 316 g/mol. The standard InChI is InChI=1S/C22H19ClO/c1-5-7-19-14(6-2)15-9-11-18-20(21(15)24-19)16-12-13(23)8-10-17(16)22(18,3)4/h5-12H,1H2,2-4H3/b14-6-,19-7+. The molecule has 120 valence electrons. The SMILES string of the molecule is C=C/C=c1/oc2c3c(ccc2/c1=C/C)C(C)(C)c1ccc(Cl)cc1-3. The predicted molar refractivity (Wildman–Crippen MR) is 103 cm³/mol. The van der Waals surface area contributed by atoms with Crippen molar-refractivity contribution >= 4 is 34.7 Å². The molecule has 0 bridgehead atoms. The zero-order valence-electron chi connectivity index (χ0n) is 14.1. The minimum absolute atomic E-state index is 0.0609. The monoisotopic (exact) mass is 334 g/mol. The molecule has 0 unspecified atom stereocenters. The fourth-order valence-corrected chi connectivity index (χ4v) is 4.10. The van der Waals surface area contributed by atoms with Crippen LogP contribution in [0.2, 0.25) is 5.02 Å². The van der Waals surface area contributed by atoms with Crippen LogP contribution in [0.5, 0.6) is 0 Å². The van der Waals surface area contributed by atoms with Crippen LogP contribution in [0.25, 0.3) is 34.2 Å². The molecule has 0 spiro atoms. The molecular formula is C22H19ClO. The maximum absolute atomic E-state index is 6.29. The molecule has 1 aliphatic carbocycles. The van der Waals surface area contributed by atoms with Crippen LogP contribution in [0.15, 0.2) is 47.4 Å². The van der Waals surface area contributed by atoms with Gasteiger partial charge in [0, 0.05) is 26.6 Å². The van der Waals surface area contributed by atoms with Crippen LogP contribution in [0.4, 0.5) is 0 Å². The van der Waals surface area contributed by atoms with Crippen LogP contribution in [0.1, 0.15) is 31.9 Å². The molecule has 24 heavy (non-hydrogen) atoms. The van der Waals surface area contributed by atoms with E-state index in [1.54, 1.807) is 6.08 Å². The molecule has 0 N–H and O–H groups in total. The molecule has 2 heteroatoms. The quantitative estimate of drug-likeness (QED) is 0.599. The average Bonchev–Trinajstić information content (AvgIpc) is 3.00. The average molecular weight is 335 g/mol. The molecule has 0 aliphatic heterocycles. The number of allylic oxidation sites excluding steroid dienone is 1. The minimum Gasteiger partial charge on any atom is -0.455 e. The van der Waals surface area contributed by atoms with Crippen molar-refractivity contribution in [1.29, 1.82) is 0 Å². The summed E-state index contributed by atoms with van der Waals surface area (Å²) >= 11 is 6.29. The summed E-state index contributed by atoms with van der Waals surface area (Å²) in [6.07, 6.45) is 5.77. The molecule has 0 fully saturated rings. The zero-order valence-corrected chi connectivity index (χ0v) is 14.9. The normalized spacial score (nSPS) is 16.5. The lowest BCUT2D eigenvalue weighted by Crippen LogP contribution is -2.19. The van der Waals surface area contributed by atoms with E-state index in [1.165, 1.54) is 22.3 Å². The zero-order chi connectivity index (χ0) is 17.1. The summed E-state index contributed by atoms with van der Waals surface area (Å²) in [7, 11) is 0. The maximum atomic E-state index is 6.29. The van der Waals surface area contributed by atoms with E-state index in [0.717, 1.165) is 26.6 Å². The Morgan fingerprint density at radius 3 is 2.58 bits per heavy atom. The Hall–Kier alpha value is -2.25. The summed E-state index contributed by atoms with van der Waals surface area (Å²) in [4.78, 5) is 0. The van der Waals surface area contributed by atoms with Gasteiger partial charge in [0.15, 0.2) is 0 Å². The lowest BCUT2D eigenvalue weighted by atomic mass is 9.82. The van der Waals surface area contributed by atoms with Crippen molar-refractivity contribution in [3.05, 3.63) is 69.8 Å². The molecule has 1 aliphatic rings. The van der Waals surface area contributed by atoms with Crippen molar-refractivity contribution in [2.75, 3.05) is 0 Å². The summed E-state index contributed by atoms with van der Waals surface area (Å²) in [6, 6.07) is 10.6. The van der Waals surface area contributed by atoms with Gasteiger partial charge in [0.1, 0.15) is 11.0 Å². The van der Waals surface area contributed by atoms with E-state index in [-0.39, 0.29) is 5.41 Å². The van der Waals surface area contributed by atoms with E-state index in [9.17, 15) is 0 Å². The minimum atomic E-state index is -0.0609. The van der Waals surface area contributed by atoms with Crippen LogP contribution in [0.3, 0.4) is 0 Å². The second kappa shape index (κ2) is 5.12. The molecule has 0 amide bonds. The van der Waals surface area contributed by atoms with Gasteiger partial charge in [-0.05, 0) is 41.8 Å². The highest BCUT2D eigenvalue weighted by Crippen LogP contribution is 2.51. The maximum Gasteiger partial charge on any atom is 0.143 e. The van der Waals surface area contributed by atoms with Crippen LogP contribution in [0, 0.1) is 0 Å². The Balaban J connectivity index is 2.24. The Bertz CT molecular complexity index is 1110. The number of furan rings is 1. The van der Waals surface area contributed by atoms with Crippen molar-refractivity contribution in [1.82, 2.24) is 0 Å². The predicted octanol–water partition coefficient (Wildman–Crippen LogP) is 5.16. The number of benzene rings is 2. The molecule has 0 saturated carbocycles. The van der Waals surface area contributed by atoms with Gasteiger partial charge in [-0.2, -0.15) is 0 Å². The van der Waals surface area contributed by atoms with Gasteiger partial charge in [-0.1, -0.05) is 62.4 Å². The molecule has 1 nitrogen and oxygen atoms in total. The van der Waals surface area contributed by atoms with Gasteiger partial charge in [0.05, 0.1) is 0 Å². The van der Waals surface area contributed by atoms with E-state index in [0.29, 0.717) is 0 Å². The van der Waals surface area contributed by atoms with Crippen molar-refractivity contribution in [2.24, 2.45) is 0 Å². The van der Waals surface area contributed by atoms with Gasteiger partial charge in [0.2, 0.25) is 0 Å². The second-order valence-electron chi connectivity index (χ2n) is 6.75. The van der Waals surface area contributed by atoms with Gasteiger partial charge < -0.3 is 4.42 Å². The third kappa shape index (κ3) is 1.88. The summed E-state index contributed by atoms with van der Waals surface area (Å²) in [6.45, 7) is 10.3. The van der Waals surface area contributed by atoms with E-state index >= 15 is 0 Å². The summed E-state index contributed by atoms with van der Waals surface area (Å²) < 4.78 is 6.26. The Labute approximate surface area is 146 Å². The van der Waals surface area contributed by atoms with Crippen molar-refractivity contribution in [3.63, 3.8) is 0 Å². The van der Waals surface area contributed by atoms with Crippen LogP contribution >= 0.6 is 11.6 Å². The van der Waals surface area contributed by atoms with Crippen LogP contribution in [-0.4, -0.2) is 0 Å². The molecule has 0 saturated heterocycles. The van der Waals surface area contributed by atoms with Gasteiger partial charge in [-0.3, -0.25) is 0 Å². The van der Waals surface area contributed by atoms with Gasteiger partial charge in [0.25, 0.3) is 0 Å². The Morgan fingerprint density at radius 1 is 1.12 bits per heavy atom. The number of fused-ring (bicyclic) bond motifs is 5. The van der Waals surface area contributed by atoms with Gasteiger partial charge >= 0.3 is 0 Å². The highest BCUT2D eigenvalue weighted by molar-refractivity contribution is 6.31. The number of halogens is 1. The fourth-order valence-electron chi connectivity index (χ4n) is 3.93. The van der Waals surface area contributed by atoms with E-state index < -0.39 is 0 Å². The topological polar surface area (TPSA) is 13.1 Å². The van der Waals surface area contributed by atoms with E-state index in [4.69, 9.17) is 16.0 Å². The summed E-state index contributed by atoms with van der Waals surface area (Å²) in [5.41, 5.74) is 6.65. The molecule has 0 radical (unpaired) electrons. The summed E-state index contributed by atoms with van der Waals surface area (Å²) in [5, 5.41) is 3.00.